The largest absolute Gasteiger partial charge is 0.418 e. The predicted molar refractivity (Wildman–Crippen MR) is 136 cm³/mol. The minimum atomic E-state index is -4.59. The molecule has 3 aromatic rings. The van der Waals surface area contributed by atoms with E-state index in [2.05, 4.69) is 38.7 Å². The fraction of sp³-hybridized carbons (Fsp3) is 0.500. The number of ether oxygens (including phenoxy) is 1. The number of nitrogens with zero attached hydrogens (tertiary/aromatic N) is 3. The summed E-state index contributed by atoms with van der Waals surface area (Å²) in [5.41, 5.74) is 7.01. The van der Waals surface area contributed by atoms with E-state index < -0.39 is 17.4 Å². The maximum Gasteiger partial charge on any atom is 0.418 e. The quantitative estimate of drug-likeness (QED) is 0.472. The lowest BCUT2D eigenvalue weighted by Gasteiger charge is -2.44. The third-order valence-electron chi connectivity index (χ3n) is 8.31. The van der Waals surface area contributed by atoms with Crippen LogP contribution >= 0.6 is 15.9 Å². The molecule has 2 unspecified atom stereocenters. The van der Waals surface area contributed by atoms with Gasteiger partial charge in [0, 0.05) is 28.7 Å². The van der Waals surface area contributed by atoms with Crippen molar-refractivity contribution < 1.29 is 17.9 Å². The number of aromatic nitrogens is 2. The number of benzene rings is 1. The Labute approximate surface area is 220 Å². The SMILES string of the molecule is CN1C(C(c2cccc(-n3cc4c(C(F)(F)F)cc(Br)cn4c3=O)c2)C2COC2)NNC12CCCCC2. The molecule has 0 radical (unpaired) electrons. The van der Waals surface area contributed by atoms with E-state index >= 15 is 0 Å². The molecule has 1 aliphatic carbocycles. The average molecular weight is 580 g/mol. The number of likely N-dealkylation sites (N-methyl/N-ethyl adjacent to an activating group) is 1. The van der Waals surface area contributed by atoms with Gasteiger partial charge in [-0.05, 0) is 59.6 Å². The van der Waals surface area contributed by atoms with Crippen molar-refractivity contribution in [2.75, 3.05) is 20.3 Å². The maximum atomic E-state index is 13.7. The number of pyridine rings is 1. The molecule has 2 aliphatic heterocycles. The zero-order valence-electron chi connectivity index (χ0n) is 20.4. The zero-order valence-corrected chi connectivity index (χ0v) is 22.0. The summed E-state index contributed by atoms with van der Waals surface area (Å²) in [5.74, 6) is 0.355. The van der Waals surface area contributed by atoms with Crippen LogP contribution in [0.25, 0.3) is 11.2 Å². The number of hydrogen-bond donors (Lipinski definition) is 2. The Hall–Kier alpha value is -2.18. The smallest absolute Gasteiger partial charge is 0.381 e. The van der Waals surface area contributed by atoms with E-state index in [0.29, 0.717) is 18.9 Å². The lowest BCUT2D eigenvalue weighted by molar-refractivity contribution is -0.136. The van der Waals surface area contributed by atoms with Gasteiger partial charge in [-0.25, -0.2) is 15.6 Å². The number of alkyl halides is 3. The molecule has 0 bridgehead atoms. The van der Waals surface area contributed by atoms with Gasteiger partial charge in [-0.3, -0.25) is 13.9 Å². The van der Waals surface area contributed by atoms with E-state index in [1.807, 2.05) is 18.2 Å². The topological polar surface area (TPSA) is 62.9 Å². The minimum absolute atomic E-state index is 0.0138. The van der Waals surface area contributed by atoms with Gasteiger partial charge in [0.1, 0.15) is 0 Å². The van der Waals surface area contributed by atoms with Gasteiger partial charge in [-0.15, -0.1) is 0 Å². The molecule has 1 spiro atoms. The van der Waals surface area contributed by atoms with E-state index in [-0.39, 0.29) is 33.7 Å². The normalized spacial score (nSPS) is 23.5. The van der Waals surface area contributed by atoms with Crippen molar-refractivity contribution >= 4 is 21.4 Å². The molecular formula is C26H29BrF3N5O2. The van der Waals surface area contributed by atoms with Crippen molar-refractivity contribution in [3.05, 3.63) is 68.8 Å². The summed E-state index contributed by atoms with van der Waals surface area (Å²) in [4.78, 5) is 15.7. The number of halogens is 4. The van der Waals surface area contributed by atoms with E-state index in [1.54, 1.807) is 6.07 Å². The van der Waals surface area contributed by atoms with Gasteiger partial charge in [0.05, 0.1) is 41.8 Å². The van der Waals surface area contributed by atoms with Crippen molar-refractivity contribution in [3.63, 3.8) is 0 Å². The second-order valence-corrected chi connectivity index (χ2v) is 11.4. The molecule has 11 heteroatoms. The van der Waals surface area contributed by atoms with Crippen LogP contribution in [0, 0.1) is 5.92 Å². The standard InChI is InChI=1S/C26H29BrF3N5O2/c1-33-23(31-32-25(33)8-3-2-4-9-25)22(17-14-37-15-17)16-6-5-7-19(10-16)34-13-21-20(26(28,29)30)11-18(27)12-35(21)24(34)36/h5-7,10-13,17,22-23,31-32H,2-4,8-9,14-15H2,1H3. The molecule has 2 saturated heterocycles. The molecule has 7 nitrogen and oxygen atoms in total. The van der Waals surface area contributed by atoms with Gasteiger partial charge >= 0.3 is 11.9 Å². The Balaban J connectivity index is 1.40. The third-order valence-corrected chi connectivity index (χ3v) is 8.74. The summed E-state index contributed by atoms with van der Waals surface area (Å²) in [7, 11) is 2.15. The summed E-state index contributed by atoms with van der Waals surface area (Å²) >= 11 is 3.11. The highest BCUT2D eigenvalue weighted by atomic mass is 79.9. The van der Waals surface area contributed by atoms with Crippen molar-refractivity contribution in [2.24, 2.45) is 5.92 Å². The van der Waals surface area contributed by atoms with Crippen LogP contribution in [-0.2, 0) is 10.9 Å². The maximum absolute atomic E-state index is 13.7. The summed E-state index contributed by atoms with van der Waals surface area (Å²) in [6.07, 6.45) is 3.82. The Morgan fingerprint density at radius 2 is 1.89 bits per heavy atom. The van der Waals surface area contributed by atoms with Crippen LogP contribution in [0.3, 0.4) is 0 Å². The molecule has 4 heterocycles. The van der Waals surface area contributed by atoms with Crippen LogP contribution in [-0.4, -0.2) is 46.0 Å². The first-order valence-electron chi connectivity index (χ1n) is 12.6. The van der Waals surface area contributed by atoms with Crippen molar-refractivity contribution in [3.8, 4) is 5.69 Å². The van der Waals surface area contributed by atoms with Crippen LogP contribution in [0.2, 0.25) is 0 Å². The first-order chi connectivity index (χ1) is 17.7. The highest BCUT2D eigenvalue weighted by Crippen LogP contribution is 2.42. The molecule has 3 aliphatic rings. The Bertz CT molecular complexity index is 1380. The molecule has 3 fully saturated rings. The number of hydrogen-bond acceptors (Lipinski definition) is 5. The molecule has 2 atom stereocenters. The predicted octanol–water partition coefficient (Wildman–Crippen LogP) is 4.63. The van der Waals surface area contributed by atoms with Crippen molar-refractivity contribution in [1.82, 2.24) is 24.7 Å². The monoisotopic (exact) mass is 579 g/mol. The highest BCUT2D eigenvalue weighted by molar-refractivity contribution is 9.10. The van der Waals surface area contributed by atoms with Gasteiger partial charge < -0.3 is 4.74 Å². The first kappa shape index (κ1) is 25.1. The van der Waals surface area contributed by atoms with E-state index in [9.17, 15) is 18.0 Å². The van der Waals surface area contributed by atoms with Crippen molar-refractivity contribution in [1.29, 1.82) is 0 Å². The number of fused-ring (bicyclic) bond motifs is 1. The van der Waals surface area contributed by atoms with Gasteiger partial charge in [0.25, 0.3) is 0 Å². The third kappa shape index (κ3) is 4.24. The number of hydrazine groups is 1. The molecule has 1 saturated carbocycles. The molecule has 37 heavy (non-hydrogen) atoms. The van der Waals surface area contributed by atoms with Crippen LogP contribution in [0.15, 0.2) is 52.0 Å². The van der Waals surface area contributed by atoms with Crippen LogP contribution in [0.4, 0.5) is 13.2 Å². The van der Waals surface area contributed by atoms with Crippen LogP contribution in [0.5, 0.6) is 0 Å². The lowest BCUT2D eigenvalue weighted by Crippen LogP contribution is -2.54. The Morgan fingerprint density at radius 3 is 2.57 bits per heavy atom. The van der Waals surface area contributed by atoms with Crippen LogP contribution < -0.4 is 16.5 Å². The fourth-order valence-electron chi connectivity index (χ4n) is 6.23. The minimum Gasteiger partial charge on any atom is -0.381 e. The molecule has 2 aromatic heterocycles. The Morgan fingerprint density at radius 1 is 1.14 bits per heavy atom. The lowest BCUT2D eigenvalue weighted by atomic mass is 9.80. The highest BCUT2D eigenvalue weighted by Gasteiger charge is 2.49. The number of rotatable bonds is 4. The molecular weight excluding hydrogens is 551 g/mol. The summed E-state index contributed by atoms with van der Waals surface area (Å²) in [5, 5.41) is 0. The fourth-order valence-corrected chi connectivity index (χ4v) is 6.66. The second kappa shape index (κ2) is 9.23. The number of imidazole rings is 1. The average Bonchev–Trinajstić information content (AvgIpc) is 3.33. The zero-order chi connectivity index (χ0) is 25.9. The van der Waals surface area contributed by atoms with E-state index in [4.69, 9.17) is 4.74 Å². The first-order valence-corrected chi connectivity index (χ1v) is 13.4. The Kier molecular flexibility index (Phi) is 6.27. The van der Waals surface area contributed by atoms with Gasteiger partial charge in [-0.2, -0.15) is 13.2 Å². The summed E-state index contributed by atoms with van der Waals surface area (Å²) < 4.78 is 49.3. The summed E-state index contributed by atoms with van der Waals surface area (Å²) in [6.45, 7) is 1.29. The number of nitrogens with one attached hydrogen (secondary N) is 2. The van der Waals surface area contributed by atoms with Gasteiger partial charge in [-0.1, -0.05) is 31.4 Å². The molecule has 2 N–H and O–H groups in total. The summed E-state index contributed by atoms with van der Waals surface area (Å²) in [6, 6.07) is 8.58. The van der Waals surface area contributed by atoms with Crippen molar-refractivity contribution in [2.45, 2.75) is 56.0 Å². The molecule has 1 aromatic carbocycles. The van der Waals surface area contributed by atoms with E-state index in [0.717, 1.165) is 28.9 Å². The second-order valence-electron chi connectivity index (χ2n) is 10.4. The van der Waals surface area contributed by atoms with E-state index in [1.165, 1.54) is 36.2 Å². The molecule has 198 valence electrons. The van der Waals surface area contributed by atoms with Gasteiger partial charge in [0.15, 0.2) is 0 Å². The van der Waals surface area contributed by atoms with Crippen LogP contribution in [0.1, 0.15) is 49.1 Å². The van der Waals surface area contributed by atoms with Gasteiger partial charge in [0.2, 0.25) is 0 Å². The molecule has 6 rings (SSSR count). The molecule has 0 amide bonds.